The van der Waals surface area contributed by atoms with Gasteiger partial charge in [0.2, 0.25) is 0 Å². The second-order valence-electron chi connectivity index (χ2n) is 23.1. The van der Waals surface area contributed by atoms with Crippen LogP contribution in [0.4, 0.5) is 0 Å². The molecule has 69 heavy (non-hydrogen) atoms. The van der Waals surface area contributed by atoms with E-state index in [2.05, 4.69) is 19.9 Å². The minimum atomic E-state index is -2.15. The predicted octanol–water partition coefficient (Wildman–Crippen LogP) is -3.80. The summed E-state index contributed by atoms with van der Waals surface area (Å²) in [5.41, 5.74) is -5.15. The third-order valence-corrected chi connectivity index (χ3v) is 19.6. The Hall–Kier alpha value is -1.59. The number of rotatable bonds is 11. The molecule has 0 radical (unpaired) electrons. The molecule has 3 saturated heterocycles. The summed E-state index contributed by atoms with van der Waals surface area (Å²) in [6.07, 6.45) is -28.1. The van der Waals surface area contributed by atoms with Gasteiger partial charge in [-0.05, 0) is 72.5 Å². The zero-order chi connectivity index (χ0) is 50.9. The fourth-order valence-electron chi connectivity index (χ4n) is 15.3. The maximum atomic E-state index is 12.8. The molecule has 396 valence electrons. The lowest BCUT2D eigenvalue weighted by Gasteiger charge is -2.73. The first kappa shape index (κ1) is 53.7. The third-order valence-electron chi connectivity index (χ3n) is 19.6. The van der Waals surface area contributed by atoms with Crippen molar-refractivity contribution in [2.75, 3.05) is 26.4 Å². The molecule has 27 atom stereocenters. The van der Waals surface area contributed by atoms with E-state index in [4.69, 9.17) is 28.4 Å². The molecule has 4 saturated carbocycles. The van der Waals surface area contributed by atoms with Crippen molar-refractivity contribution in [1.82, 2.24) is 0 Å². The standard InChI is InChI=1S/C47H76O22/c1-42(2)13-19-18-7-8-23-43(3)11-10-24(44(4,16-50)22(43)9-12-45(23,5)46(18,6)35(59)37(61)47(19,17-51)36(60)34(42)58)66-41-33(69-40-29(56)27(54)25(52)20(14-48)64-40)31(30(57)32(68-41)38(62)63)67-39-28(55)26(53)21(15-49)65-39/h7,19-37,39-41,48-61H,8-17H2,1-6H3,(H,62,63)/t19-,20+,21-,22+,23+,24-,25+,26-,27-,28+,29+,30-,31-,32-,33+,34-,35-,36-,37+,39-,40-,41-,43-,44+,45+,46-,47+/m0/s1. The average Bonchev–Trinajstić information content (AvgIpc) is 3.58. The number of allylic oxidation sites excluding steroid dienone is 1. The number of hydrogen-bond acceptors (Lipinski definition) is 21. The molecule has 0 aromatic heterocycles. The first-order valence-electron chi connectivity index (χ1n) is 24.3. The van der Waals surface area contributed by atoms with Crippen LogP contribution in [0.5, 0.6) is 0 Å². The number of aliphatic hydroxyl groups excluding tert-OH is 14. The van der Waals surface area contributed by atoms with E-state index in [9.17, 15) is 81.4 Å². The fourth-order valence-corrected chi connectivity index (χ4v) is 15.3. The highest BCUT2D eigenvalue weighted by Crippen LogP contribution is 2.76. The second kappa shape index (κ2) is 18.7. The highest BCUT2D eigenvalue weighted by Gasteiger charge is 2.75. The number of fused-ring (bicyclic) bond motifs is 7. The van der Waals surface area contributed by atoms with Crippen molar-refractivity contribution < 1.29 is 110 Å². The van der Waals surface area contributed by atoms with Crippen LogP contribution in [0.3, 0.4) is 0 Å². The number of carboxylic acid groups (broad SMARTS) is 1. The summed E-state index contributed by atoms with van der Waals surface area (Å²) in [6, 6.07) is 0. The summed E-state index contributed by atoms with van der Waals surface area (Å²) in [4.78, 5) is 12.8. The summed E-state index contributed by atoms with van der Waals surface area (Å²) >= 11 is 0. The molecule has 3 heterocycles. The molecule has 5 aliphatic carbocycles. The van der Waals surface area contributed by atoms with Crippen LogP contribution in [0, 0.1) is 50.2 Å². The average molecular weight is 993 g/mol. The summed E-state index contributed by atoms with van der Waals surface area (Å²) in [6.45, 7) is 8.92. The third kappa shape index (κ3) is 7.68. The van der Waals surface area contributed by atoms with Crippen LogP contribution in [-0.4, -0.2) is 226 Å². The van der Waals surface area contributed by atoms with Crippen LogP contribution in [0.15, 0.2) is 11.6 Å². The largest absolute Gasteiger partial charge is 0.479 e. The Kier molecular flexibility index (Phi) is 14.5. The van der Waals surface area contributed by atoms with Crippen molar-refractivity contribution in [1.29, 1.82) is 0 Å². The second-order valence-corrected chi connectivity index (χ2v) is 23.1. The van der Waals surface area contributed by atoms with Crippen molar-refractivity contribution in [3.05, 3.63) is 11.6 Å². The smallest absolute Gasteiger partial charge is 0.335 e. The van der Waals surface area contributed by atoms with Crippen molar-refractivity contribution in [3.63, 3.8) is 0 Å². The zero-order valence-corrected chi connectivity index (χ0v) is 39.9. The summed E-state index contributed by atoms with van der Waals surface area (Å²) in [5.74, 6) is -2.79. The van der Waals surface area contributed by atoms with Crippen LogP contribution in [0.25, 0.3) is 0 Å². The quantitative estimate of drug-likeness (QED) is 0.0697. The van der Waals surface area contributed by atoms with Crippen molar-refractivity contribution in [2.24, 2.45) is 50.2 Å². The minimum absolute atomic E-state index is 0.187. The van der Waals surface area contributed by atoms with E-state index in [1.54, 1.807) is 0 Å². The number of aliphatic carboxylic acids is 1. The lowest BCUT2D eigenvalue weighted by atomic mass is 9.32. The van der Waals surface area contributed by atoms with E-state index in [1.807, 2.05) is 27.7 Å². The lowest BCUT2D eigenvalue weighted by molar-refractivity contribution is -0.387. The van der Waals surface area contributed by atoms with Crippen LogP contribution < -0.4 is 0 Å². The van der Waals surface area contributed by atoms with E-state index in [0.717, 1.165) is 5.57 Å². The van der Waals surface area contributed by atoms with Gasteiger partial charge in [0.25, 0.3) is 0 Å². The van der Waals surface area contributed by atoms with Gasteiger partial charge in [-0.1, -0.05) is 53.2 Å². The number of ether oxygens (including phenoxy) is 6. The summed E-state index contributed by atoms with van der Waals surface area (Å²) in [5, 5.41) is 165. The highest BCUT2D eigenvalue weighted by atomic mass is 16.8. The van der Waals surface area contributed by atoms with E-state index in [0.29, 0.717) is 32.1 Å². The van der Waals surface area contributed by atoms with Crippen LogP contribution in [-0.2, 0) is 33.2 Å². The molecule has 7 fully saturated rings. The molecule has 0 aromatic carbocycles. The predicted molar refractivity (Wildman–Crippen MR) is 232 cm³/mol. The number of aliphatic hydroxyl groups is 14. The topological polar surface area (TPSA) is 376 Å². The van der Waals surface area contributed by atoms with Gasteiger partial charge in [0.05, 0.1) is 62.4 Å². The molecule has 22 nitrogen and oxygen atoms in total. The molecule has 0 spiro atoms. The molecule has 0 bridgehead atoms. The van der Waals surface area contributed by atoms with E-state index in [1.165, 1.54) is 0 Å². The van der Waals surface area contributed by atoms with Gasteiger partial charge in [0.15, 0.2) is 25.0 Å². The monoisotopic (exact) mass is 992 g/mol. The summed E-state index contributed by atoms with van der Waals surface area (Å²) in [7, 11) is 0. The maximum Gasteiger partial charge on any atom is 0.335 e. The molecule has 22 heteroatoms. The van der Waals surface area contributed by atoms with E-state index >= 15 is 0 Å². The van der Waals surface area contributed by atoms with Crippen molar-refractivity contribution in [3.8, 4) is 0 Å². The van der Waals surface area contributed by atoms with Gasteiger partial charge >= 0.3 is 5.97 Å². The Morgan fingerprint density at radius 2 is 1.19 bits per heavy atom. The number of hydrogen-bond donors (Lipinski definition) is 15. The van der Waals surface area contributed by atoms with Gasteiger partial charge in [-0.2, -0.15) is 0 Å². The highest BCUT2D eigenvalue weighted by molar-refractivity contribution is 5.73. The van der Waals surface area contributed by atoms with E-state index < -0.39 is 187 Å². The van der Waals surface area contributed by atoms with Crippen LogP contribution in [0.2, 0.25) is 0 Å². The fraction of sp³-hybridized carbons (Fsp3) is 0.936. The molecule has 15 N–H and O–H groups in total. The van der Waals surface area contributed by atoms with Gasteiger partial charge < -0.3 is 105 Å². The number of carbonyl (C=O) groups is 1. The molecule has 3 aliphatic heterocycles. The molecule has 0 aromatic rings. The SMILES string of the molecule is CC1(C)C[C@H]2C3=CC[C@@H]4[C@@]5(C)CC[C@H](O[C@H]6O[C@H](C(=O)O)[C@@H](O)[C@H](O[C@@H]7O[C@@H](CO)[C@H](O)[C@H]7O)[C@H]6O[C@@H]6O[C@H](CO)[C@@H](O)[C@H](O)[C@H]6O)[C@](C)(CO)[C@@H]5CC[C@@]4(C)[C@]3(C)[C@@H](O)[C@@H](O)[C@@]2(CO)[C@@H](O)[C@@H]1O. The van der Waals surface area contributed by atoms with Gasteiger partial charge in [-0.15, -0.1) is 0 Å². The van der Waals surface area contributed by atoms with Crippen LogP contribution >= 0.6 is 0 Å². The molecule has 8 aliphatic rings. The van der Waals surface area contributed by atoms with Gasteiger partial charge in [0, 0.05) is 10.8 Å². The molecular formula is C47H76O22. The molecular weight excluding hydrogens is 916 g/mol. The lowest BCUT2D eigenvalue weighted by Crippen LogP contribution is -2.76. The first-order chi connectivity index (χ1) is 32.2. The zero-order valence-electron chi connectivity index (χ0n) is 39.9. The van der Waals surface area contributed by atoms with Gasteiger partial charge in [-0.25, -0.2) is 4.79 Å². The Bertz CT molecular complexity index is 1910. The Morgan fingerprint density at radius 1 is 0.623 bits per heavy atom. The molecule has 0 unspecified atom stereocenters. The normalized spacial score (nSPS) is 56.0. The molecule has 0 amide bonds. The van der Waals surface area contributed by atoms with E-state index in [-0.39, 0.29) is 18.3 Å². The Morgan fingerprint density at radius 3 is 1.75 bits per heavy atom. The first-order valence-corrected chi connectivity index (χ1v) is 24.3. The number of carboxylic acids is 1. The van der Waals surface area contributed by atoms with Gasteiger partial charge in [0.1, 0.15) is 61.0 Å². The molecule has 8 rings (SSSR count). The van der Waals surface area contributed by atoms with Gasteiger partial charge in [-0.3, -0.25) is 0 Å². The Balaban J connectivity index is 1.14. The van der Waals surface area contributed by atoms with Crippen LogP contribution in [0.1, 0.15) is 80.1 Å². The van der Waals surface area contributed by atoms with Crippen molar-refractivity contribution >= 4 is 5.97 Å². The van der Waals surface area contributed by atoms with Crippen molar-refractivity contribution in [2.45, 2.75) is 197 Å². The maximum absolute atomic E-state index is 12.8. The minimum Gasteiger partial charge on any atom is -0.479 e. The summed E-state index contributed by atoms with van der Waals surface area (Å²) < 4.78 is 36.0. The Labute approximate surface area is 400 Å².